The van der Waals surface area contributed by atoms with Crippen LogP contribution in [-0.4, -0.2) is 63.9 Å². The fourth-order valence-corrected chi connectivity index (χ4v) is 5.93. The monoisotopic (exact) mass is 491 g/mol. The van der Waals surface area contributed by atoms with E-state index in [2.05, 4.69) is 9.90 Å². The summed E-state index contributed by atoms with van der Waals surface area (Å²) in [5.41, 5.74) is 0.911. The molecular weight excluding hydrogens is 458 g/mol. The van der Waals surface area contributed by atoms with E-state index in [0.29, 0.717) is 12.8 Å². The molecule has 1 aliphatic carbocycles. The van der Waals surface area contributed by atoms with Crippen molar-refractivity contribution in [2.45, 2.75) is 81.8 Å². The molecule has 1 aromatic rings. The Morgan fingerprint density at radius 1 is 1.24 bits per heavy atom. The number of carbonyl (C=O) groups is 3. The lowest BCUT2D eigenvalue weighted by molar-refractivity contribution is -0.151. The van der Waals surface area contributed by atoms with Crippen molar-refractivity contribution in [3.05, 3.63) is 40.8 Å². The highest BCUT2D eigenvalue weighted by molar-refractivity contribution is 7.98. The summed E-state index contributed by atoms with van der Waals surface area (Å²) in [7, 11) is 0. The minimum Gasteiger partial charge on any atom is -0.480 e. The van der Waals surface area contributed by atoms with Crippen LogP contribution in [0.5, 0.6) is 0 Å². The number of benzene rings is 1. The van der Waals surface area contributed by atoms with Crippen LogP contribution in [0.3, 0.4) is 0 Å². The first-order chi connectivity index (χ1) is 16.4. The molecule has 1 saturated carbocycles. The maximum Gasteiger partial charge on any atom is 0.326 e. The third-order valence-corrected chi connectivity index (χ3v) is 7.59. The number of aliphatic carboxylic acids is 1. The van der Waals surface area contributed by atoms with Crippen LogP contribution in [0, 0.1) is 10.8 Å². The summed E-state index contributed by atoms with van der Waals surface area (Å²) in [5.74, 6) is -1.74. The number of fused-ring (bicyclic) bond motifs is 1. The van der Waals surface area contributed by atoms with Crippen LogP contribution < -0.4 is 5.32 Å². The van der Waals surface area contributed by atoms with Crippen LogP contribution in [0.15, 0.2) is 34.9 Å². The van der Waals surface area contributed by atoms with Gasteiger partial charge in [-0.05, 0) is 51.0 Å². The number of nitrogens with zero attached hydrogens (tertiary/aromatic N) is 2. The zero-order valence-corrected chi connectivity index (χ0v) is 20.4. The zero-order chi connectivity index (χ0) is 24.7. The second-order valence-electron chi connectivity index (χ2n) is 8.97. The van der Waals surface area contributed by atoms with Crippen LogP contribution >= 0.6 is 11.9 Å². The number of amides is 1. The first kappa shape index (κ1) is 26.2. The third kappa shape index (κ3) is 6.15. The lowest BCUT2D eigenvalue weighted by atomic mass is 9.84. The van der Waals surface area contributed by atoms with Gasteiger partial charge in [0.05, 0.1) is 17.9 Å². The molecule has 9 nitrogen and oxygen atoms in total. The minimum atomic E-state index is -1.00. The molecule has 10 heteroatoms. The van der Waals surface area contributed by atoms with Crippen LogP contribution in [0.1, 0.15) is 51.5 Å². The molecule has 1 aliphatic heterocycles. The van der Waals surface area contributed by atoms with Crippen molar-refractivity contribution in [2.24, 2.45) is 10.5 Å². The van der Waals surface area contributed by atoms with Gasteiger partial charge in [-0.1, -0.05) is 43.2 Å². The number of carbonyl (C=O) groups excluding carboxylic acids is 2. The Morgan fingerprint density at radius 3 is 2.59 bits per heavy atom. The van der Waals surface area contributed by atoms with Gasteiger partial charge in [-0.25, -0.2) is 4.79 Å². The Labute approximate surface area is 204 Å². The quantitative estimate of drug-likeness (QED) is 0.275. The third-order valence-electron chi connectivity index (χ3n) is 6.80. The zero-order valence-electron chi connectivity index (χ0n) is 19.6. The molecule has 2 N–H and O–H groups in total. The van der Waals surface area contributed by atoms with Gasteiger partial charge in [-0.15, -0.1) is 4.91 Å². The van der Waals surface area contributed by atoms with Gasteiger partial charge >= 0.3 is 11.9 Å². The van der Waals surface area contributed by atoms with Gasteiger partial charge in [-0.3, -0.25) is 14.9 Å². The number of rotatable bonds is 11. The summed E-state index contributed by atoms with van der Waals surface area (Å²) in [4.78, 5) is 51.1. The molecule has 34 heavy (non-hydrogen) atoms. The molecule has 186 valence electrons. The molecule has 1 aromatic carbocycles. The number of nitrogens with one attached hydrogen (secondary N) is 1. The van der Waals surface area contributed by atoms with Gasteiger partial charge in [0.1, 0.15) is 12.1 Å². The average Bonchev–Trinajstić information content (AvgIpc) is 3.22. The predicted octanol–water partition coefficient (Wildman–Crippen LogP) is 3.17. The molecule has 0 bridgehead atoms. The van der Waals surface area contributed by atoms with E-state index < -0.39 is 35.3 Å². The van der Waals surface area contributed by atoms with Crippen molar-refractivity contribution in [3.63, 3.8) is 0 Å². The summed E-state index contributed by atoms with van der Waals surface area (Å²) < 4.78 is 8.20. The standard InChI is InChI=1S/C24H33N3O6S/c1-3-33-24(31)21(20(34-26-32)13-16-9-5-4-6-10-16)25-15(2)22(28)27-18-12-8-7-11-17(18)14-19(27)23(29)30/h4-6,9-10,15,17-21,25H,3,7-8,11-14H2,1-2H3,(H,29,30)/t15-,17?,18?,19-,20?,21?/m0/s1. The van der Waals surface area contributed by atoms with Crippen LogP contribution in [0.4, 0.5) is 0 Å². The van der Waals surface area contributed by atoms with Crippen LogP contribution in [0.25, 0.3) is 0 Å². The Balaban J connectivity index is 1.81. The van der Waals surface area contributed by atoms with E-state index >= 15 is 0 Å². The highest BCUT2D eigenvalue weighted by atomic mass is 32.2. The summed E-state index contributed by atoms with van der Waals surface area (Å²) in [6, 6.07) is 6.60. The number of esters is 1. The van der Waals surface area contributed by atoms with Crippen molar-refractivity contribution in [1.29, 1.82) is 0 Å². The minimum absolute atomic E-state index is 0.0984. The van der Waals surface area contributed by atoms with Gasteiger partial charge < -0.3 is 14.7 Å². The number of likely N-dealkylation sites (tertiary alicyclic amines) is 1. The van der Waals surface area contributed by atoms with Crippen molar-refractivity contribution in [3.8, 4) is 0 Å². The predicted molar refractivity (Wildman–Crippen MR) is 129 cm³/mol. The van der Waals surface area contributed by atoms with Gasteiger partial charge in [-0.2, -0.15) is 0 Å². The second kappa shape index (κ2) is 12.3. The number of hydrogen-bond acceptors (Lipinski definition) is 8. The Hall–Kier alpha value is -2.46. The molecule has 6 atom stereocenters. The second-order valence-corrected chi connectivity index (χ2v) is 9.94. The SMILES string of the molecule is CCOC(=O)C(N[C@@H](C)C(=O)N1C2CCCCC2C[C@H]1C(=O)O)C(Cc1ccccc1)SN=O. The lowest BCUT2D eigenvalue weighted by Gasteiger charge is -2.36. The molecular formula is C24H33N3O6S. The molecule has 2 fully saturated rings. The molecule has 1 heterocycles. The Morgan fingerprint density at radius 2 is 1.94 bits per heavy atom. The smallest absolute Gasteiger partial charge is 0.326 e. The molecule has 1 saturated heterocycles. The van der Waals surface area contributed by atoms with Crippen molar-refractivity contribution in [2.75, 3.05) is 6.61 Å². The van der Waals surface area contributed by atoms with Crippen molar-refractivity contribution < 1.29 is 24.2 Å². The van der Waals surface area contributed by atoms with Gasteiger partial charge in [0.25, 0.3) is 0 Å². The van der Waals surface area contributed by atoms with Crippen LogP contribution in [-0.2, 0) is 25.5 Å². The Kier molecular flexibility index (Phi) is 9.46. The van der Waals surface area contributed by atoms with E-state index in [0.717, 1.165) is 43.2 Å². The lowest BCUT2D eigenvalue weighted by Crippen LogP contribution is -2.57. The molecule has 2 aliphatic rings. The number of nitroso groups, excluding NO2 is 1. The number of carboxylic acids is 1. The van der Waals surface area contributed by atoms with E-state index in [4.69, 9.17) is 4.74 Å². The fraction of sp³-hybridized carbons (Fsp3) is 0.625. The molecule has 0 aromatic heterocycles. The summed E-state index contributed by atoms with van der Waals surface area (Å²) in [6.45, 7) is 3.46. The van der Waals surface area contributed by atoms with Crippen molar-refractivity contribution in [1.82, 2.24) is 10.2 Å². The van der Waals surface area contributed by atoms with E-state index in [-0.39, 0.29) is 24.5 Å². The highest BCUT2D eigenvalue weighted by Crippen LogP contribution is 2.40. The van der Waals surface area contributed by atoms with E-state index in [1.807, 2.05) is 30.3 Å². The molecule has 0 spiro atoms. The average molecular weight is 492 g/mol. The van der Waals surface area contributed by atoms with Crippen LogP contribution in [0.2, 0.25) is 0 Å². The Bertz CT molecular complexity index is 870. The normalized spacial score (nSPS) is 24.5. The van der Waals surface area contributed by atoms with Crippen molar-refractivity contribution >= 4 is 29.8 Å². The van der Waals surface area contributed by atoms with E-state index in [1.165, 1.54) is 4.90 Å². The summed E-state index contributed by atoms with van der Waals surface area (Å²) >= 11 is 0.730. The summed E-state index contributed by atoms with van der Waals surface area (Å²) in [5, 5.41) is 12.2. The van der Waals surface area contributed by atoms with E-state index in [1.54, 1.807) is 13.8 Å². The number of hydrogen-bond donors (Lipinski definition) is 2. The summed E-state index contributed by atoms with van der Waals surface area (Å²) in [6.07, 6.45) is 4.54. The largest absolute Gasteiger partial charge is 0.480 e. The number of ether oxygens (including phenoxy) is 1. The number of carboxylic acid groups (broad SMARTS) is 1. The first-order valence-corrected chi connectivity index (χ1v) is 12.7. The van der Waals surface area contributed by atoms with Gasteiger partial charge in [0, 0.05) is 22.6 Å². The van der Waals surface area contributed by atoms with E-state index in [9.17, 15) is 24.4 Å². The van der Waals surface area contributed by atoms with Gasteiger partial charge in [0.15, 0.2) is 0 Å². The molecule has 3 rings (SSSR count). The molecule has 0 radical (unpaired) electrons. The first-order valence-electron chi connectivity index (χ1n) is 11.9. The molecule has 1 amide bonds. The maximum atomic E-state index is 13.5. The fourth-order valence-electron chi connectivity index (χ4n) is 5.24. The topological polar surface area (TPSA) is 125 Å². The highest BCUT2D eigenvalue weighted by Gasteiger charge is 2.48. The molecule has 4 unspecified atom stereocenters. The van der Waals surface area contributed by atoms with Gasteiger partial charge in [0.2, 0.25) is 5.91 Å². The maximum absolute atomic E-state index is 13.5.